The molecule has 5 heteroatoms. The number of H-pyrrole nitrogens is 1. The number of urea groups is 1. The fourth-order valence-corrected chi connectivity index (χ4v) is 3.58. The Morgan fingerprint density at radius 2 is 2.14 bits per heavy atom. The number of anilines is 1. The first-order chi connectivity index (χ1) is 10.8. The van der Waals surface area contributed by atoms with Crippen LogP contribution in [-0.2, 0) is 6.42 Å². The van der Waals surface area contributed by atoms with Crippen LogP contribution < -0.4 is 4.90 Å². The largest absolute Gasteiger partial charge is 0.324 e. The number of para-hydroxylation sites is 1. The molecule has 3 heterocycles. The van der Waals surface area contributed by atoms with Crippen molar-refractivity contribution in [3.63, 3.8) is 0 Å². The highest BCUT2D eigenvalue weighted by atomic mass is 16.2. The molecule has 114 valence electrons. The molecular weight excluding hydrogens is 276 g/mol. The summed E-state index contributed by atoms with van der Waals surface area (Å²) in [5, 5.41) is 7.05. The summed E-state index contributed by atoms with van der Waals surface area (Å²) < 4.78 is 0. The molecule has 4 rings (SSSR count). The molecule has 1 atom stereocenters. The van der Waals surface area contributed by atoms with Crippen molar-refractivity contribution in [1.29, 1.82) is 0 Å². The summed E-state index contributed by atoms with van der Waals surface area (Å²) in [5.41, 5.74) is 3.50. The van der Waals surface area contributed by atoms with Crippen LogP contribution in [0.1, 0.15) is 30.0 Å². The fraction of sp³-hybridized carbons (Fsp3) is 0.412. The van der Waals surface area contributed by atoms with Crippen LogP contribution in [0.15, 0.2) is 36.5 Å². The Morgan fingerprint density at radius 1 is 1.23 bits per heavy atom. The first-order valence-electron chi connectivity index (χ1n) is 7.96. The Balaban J connectivity index is 1.51. The normalized spacial score (nSPS) is 21.0. The molecule has 1 aromatic carbocycles. The second-order valence-corrected chi connectivity index (χ2v) is 6.11. The van der Waals surface area contributed by atoms with Gasteiger partial charge in [0.2, 0.25) is 0 Å². The summed E-state index contributed by atoms with van der Waals surface area (Å²) in [5.74, 6) is 0.381. The van der Waals surface area contributed by atoms with Crippen LogP contribution in [0.5, 0.6) is 0 Å². The van der Waals surface area contributed by atoms with Crippen molar-refractivity contribution in [1.82, 2.24) is 15.1 Å². The topological polar surface area (TPSA) is 52.2 Å². The second kappa shape index (κ2) is 5.48. The van der Waals surface area contributed by atoms with E-state index >= 15 is 0 Å². The molecule has 2 aliphatic rings. The number of aromatic nitrogens is 2. The number of carbonyl (C=O) groups excluding carboxylic acids is 1. The van der Waals surface area contributed by atoms with E-state index in [9.17, 15) is 4.79 Å². The van der Waals surface area contributed by atoms with Gasteiger partial charge in [-0.3, -0.25) is 10.00 Å². The maximum Gasteiger partial charge on any atom is 0.324 e. The lowest BCUT2D eigenvalue weighted by atomic mass is 10.0. The van der Waals surface area contributed by atoms with Gasteiger partial charge in [-0.15, -0.1) is 0 Å². The minimum Gasteiger partial charge on any atom is -0.324 e. The summed E-state index contributed by atoms with van der Waals surface area (Å²) in [6.07, 6.45) is 4.89. The molecule has 2 aliphatic heterocycles. The predicted octanol–water partition coefficient (Wildman–Crippen LogP) is 2.77. The zero-order valence-corrected chi connectivity index (χ0v) is 12.5. The molecule has 22 heavy (non-hydrogen) atoms. The molecule has 1 N–H and O–H groups in total. The Morgan fingerprint density at radius 3 is 3.00 bits per heavy atom. The molecule has 1 aromatic heterocycles. The number of rotatable bonds is 1. The molecule has 2 amide bonds. The van der Waals surface area contributed by atoms with Crippen molar-refractivity contribution < 1.29 is 4.79 Å². The number of nitrogens with one attached hydrogen (secondary N) is 1. The van der Waals surface area contributed by atoms with Gasteiger partial charge in [-0.05, 0) is 37.0 Å². The van der Waals surface area contributed by atoms with Crippen LogP contribution in [0.25, 0.3) is 0 Å². The quantitative estimate of drug-likeness (QED) is 0.879. The van der Waals surface area contributed by atoms with Gasteiger partial charge in [0.25, 0.3) is 0 Å². The Hall–Kier alpha value is -2.30. The lowest BCUT2D eigenvalue weighted by Crippen LogP contribution is -2.44. The number of hydrogen-bond acceptors (Lipinski definition) is 2. The molecule has 0 radical (unpaired) electrons. The maximum atomic E-state index is 12.9. The van der Waals surface area contributed by atoms with E-state index in [4.69, 9.17) is 0 Å². The summed E-state index contributed by atoms with van der Waals surface area (Å²) >= 11 is 0. The van der Waals surface area contributed by atoms with Crippen LogP contribution in [-0.4, -0.2) is 40.8 Å². The van der Waals surface area contributed by atoms with Gasteiger partial charge in [-0.2, -0.15) is 5.10 Å². The standard InChI is InChI=1S/C17H20N4O/c22-17(20-11-8-14(12-20)15-7-9-18-19-15)21-10-3-5-13-4-1-2-6-16(13)21/h1-2,4,6-7,9,14H,3,5,8,10-12H2,(H,18,19). The molecule has 1 fully saturated rings. The highest BCUT2D eigenvalue weighted by molar-refractivity contribution is 5.93. The van der Waals surface area contributed by atoms with Gasteiger partial charge in [0.1, 0.15) is 0 Å². The van der Waals surface area contributed by atoms with Gasteiger partial charge in [-0.1, -0.05) is 18.2 Å². The minimum absolute atomic E-state index is 0.147. The van der Waals surface area contributed by atoms with E-state index < -0.39 is 0 Å². The average molecular weight is 296 g/mol. The van der Waals surface area contributed by atoms with Gasteiger partial charge in [0.05, 0.1) is 0 Å². The van der Waals surface area contributed by atoms with E-state index in [2.05, 4.69) is 28.4 Å². The lowest BCUT2D eigenvalue weighted by molar-refractivity contribution is 0.214. The van der Waals surface area contributed by atoms with Gasteiger partial charge >= 0.3 is 6.03 Å². The van der Waals surface area contributed by atoms with Crippen molar-refractivity contribution in [2.75, 3.05) is 24.5 Å². The number of amides is 2. The molecule has 1 unspecified atom stereocenters. The monoisotopic (exact) mass is 296 g/mol. The number of aryl methyl sites for hydroxylation is 1. The molecule has 0 saturated carbocycles. The second-order valence-electron chi connectivity index (χ2n) is 6.11. The molecule has 0 aliphatic carbocycles. The predicted molar refractivity (Wildman–Crippen MR) is 85.0 cm³/mol. The zero-order valence-electron chi connectivity index (χ0n) is 12.5. The van der Waals surface area contributed by atoms with Gasteiger partial charge < -0.3 is 4.90 Å². The van der Waals surface area contributed by atoms with Crippen molar-refractivity contribution in [3.8, 4) is 0 Å². The Bertz CT molecular complexity index is 667. The van der Waals surface area contributed by atoms with E-state index in [1.165, 1.54) is 5.56 Å². The SMILES string of the molecule is O=C(N1CCC(c2ccn[nH]2)C1)N1CCCc2ccccc21. The highest BCUT2D eigenvalue weighted by Gasteiger charge is 2.32. The third kappa shape index (κ3) is 2.26. The number of nitrogens with zero attached hydrogens (tertiary/aromatic N) is 3. The smallest absolute Gasteiger partial charge is 0.324 e. The van der Waals surface area contributed by atoms with Crippen LogP contribution >= 0.6 is 0 Å². The highest BCUT2D eigenvalue weighted by Crippen LogP contribution is 2.31. The van der Waals surface area contributed by atoms with Gasteiger partial charge in [0.15, 0.2) is 0 Å². The van der Waals surface area contributed by atoms with Crippen molar-refractivity contribution in [3.05, 3.63) is 47.8 Å². The minimum atomic E-state index is 0.147. The van der Waals surface area contributed by atoms with Crippen LogP contribution in [0.2, 0.25) is 0 Å². The van der Waals surface area contributed by atoms with E-state index in [1.54, 1.807) is 6.20 Å². The first kappa shape index (κ1) is 13.4. The number of fused-ring (bicyclic) bond motifs is 1. The molecule has 1 saturated heterocycles. The number of likely N-dealkylation sites (tertiary alicyclic amines) is 1. The molecule has 0 bridgehead atoms. The average Bonchev–Trinajstić information content (AvgIpc) is 3.24. The van der Waals surface area contributed by atoms with E-state index in [0.29, 0.717) is 5.92 Å². The molecular formula is C17H20N4O. The van der Waals surface area contributed by atoms with E-state index in [-0.39, 0.29) is 6.03 Å². The van der Waals surface area contributed by atoms with Crippen LogP contribution in [0.4, 0.5) is 10.5 Å². The van der Waals surface area contributed by atoms with Crippen molar-refractivity contribution in [2.24, 2.45) is 0 Å². The number of aromatic amines is 1. The fourth-order valence-electron chi connectivity index (χ4n) is 3.58. The maximum absolute atomic E-state index is 12.9. The zero-order chi connectivity index (χ0) is 14.9. The number of carbonyl (C=O) groups is 1. The third-order valence-electron chi connectivity index (χ3n) is 4.76. The number of hydrogen-bond donors (Lipinski definition) is 1. The number of benzene rings is 1. The summed E-state index contributed by atoms with van der Waals surface area (Å²) in [6, 6.07) is 10.4. The van der Waals surface area contributed by atoms with Crippen LogP contribution in [0.3, 0.4) is 0 Å². The Labute approximate surface area is 129 Å². The molecule has 5 nitrogen and oxygen atoms in total. The van der Waals surface area contributed by atoms with E-state index in [0.717, 1.165) is 50.3 Å². The summed E-state index contributed by atoms with van der Waals surface area (Å²) in [7, 11) is 0. The molecule has 0 spiro atoms. The van der Waals surface area contributed by atoms with Crippen molar-refractivity contribution in [2.45, 2.75) is 25.2 Å². The van der Waals surface area contributed by atoms with E-state index in [1.807, 2.05) is 21.9 Å². The third-order valence-corrected chi connectivity index (χ3v) is 4.76. The van der Waals surface area contributed by atoms with Crippen molar-refractivity contribution >= 4 is 11.7 Å². The van der Waals surface area contributed by atoms with Gasteiger partial charge in [-0.25, -0.2) is 4.79 Å². The molecule has 2 aromatic rings. The summed E-state index contributed by atoms with van der Waals surface area (Å²) in [6.45, 7) is 2.42. The van der Waals surface area contributed by atoms with Gasteiger partial charge in [0, 0.05) is 43.1 Å². The summed E-state index contributed by atoms with van der Waals surface area (Å²) in [4.78, 5) is 16.8. The lowest BCUT2D eigenvalue weighted by Gasteiger charge is -2.32. The van der Waals surface area contributed by atoms with Crippen LogP contribution in [0, 0.1) is 0 Å². The Kier molecular flexibility index (Phi) is 3.33. The first-order valence-corrected chi connectivity index (χ1v) is 7.96.